The van der Waals surface area contributed by atoms with Crippen LogP contribution in [0.2, 0.25) is 0 Å². The van der Waals surface area contributed by atoms with E-state index in [1.807, 2.05) is 48.7 Å². The smallest absolute Gasteiger partial charge is 0.176 e. The number of hydrogen-bond donors (Lipinski definition) is 2. The third-order valence-corrected chi connectivity index (χ3v) is 4.74. The summed E-state index contributed by atoms with van der Waals surface area (Å²) < 4.78 is 6.14. The summed E-state index contributed by atoms with van der Waals surface area (Å²) in [5.41, 5.74) is 6.95. The van der Waals surface area contributed by atoms with E-state index in [1.54, 1.807) is 6.20 Å². The fraction of sp³-hybridized carbons (Fsp3) is 0.0455. The number of furan rings is 1. The van der Waals surface area contributed by atoms with Crippen molar-refractivity contribution in [1.29, 1.82) is 0 Å². The van der Waals surface area contributed by atoms with E-state index in [4.69, 9.17) is 4.42 Å². The van der Waals surface area contributed by atoms with Crippen molar-refractivity contribution >= 4 is 33.4 Å². The van der Waals surface area contributed by atoms with Gasteiger partial charge in [-0.15, -0.1) is 0 Å². The number of anilines is 2. The van der Waals surface area contributed by atoms with Gasteiger partial charge in [-0.05, 0) is 36.8 Å². The Kier molecular flexibility index (Phi) is 3.28. The van der Waals surface area contributed by atoms with E-state index in [0.717, 1.165) is 39.3 Å². The molecular formula is C22H17N3O. The fourth-order valence-corrected chi connectivity index (χ4v) is 3.35. The van der Waals surface area contributed by atoms with Gasteiger partial charge in [-0.2, -0.15) is 0 Å². The quantitative estimate of drug-likeness (QED) is 0.422. The third kappa shape index (κ3) is 2.35. The second kappa shape index (κ2) is 5.77. The molecule has 0 aliphatic carbocycles. The van der Waals surface area contributed by atoms with Crippen LogP contribution in [0.3, 0.4) is 0 Å². The fourth-order valence-electron chi connectivity index (χ4n) is 3.35. The zero-order valence-electron chi connectivity index (χ0n) is 14.3. The van der Waals surface area contributed by atoms with Crippen LogP contribution in [0.1, 0.15) is 5.56 Å². The summed E-state index contributed by atoms with van der Waals surface area (Å²) in [5, 5.41) is 4.73. The molecule has 3 heterocycles. The third-order valence-electron chi connectivity index (χ3n) is 4.74. The van der Waals surface area contributed by atoms with Crippen molar-refractivity contribution in [1.82, 2.24) is 9.97 Å². The van der Waals surface area contributed by atoms with Crippen LogP contribution < -0.4 is 5.32 Å². The molecule has 0 radical (unpaired) electrons. The molecule has 0 fully saturated rings. The molecule has 2 N–H and O–H groups in total. The molecule has 0 spiro atoms. The summed E-state index contributed by atoms with van der Waals surface area (Å²) in [6.07, 6.45) is 3.77. The van der Waals surface area contributed by atoms with Gasteiger partial charge in [0, 0.05) is 40.6 Å². The predicted octanol–water partition coefficient (Wildman–Crippen LogP) is 6.03. The van der Waals surface area contributed by atoms with Crippen molar-refractivity contribution in [2.75, 3.05) is 5.32 Å². The maximum Gasteiger partial charge on any atom is 0.176 e. The summed E-state index contributed by atoms with van der Waals surface area (Å²) in [5.74, 6) is 0.820. The largest absolute Gasteiger partial charge is 0.452 e. The van der Waals surface area contributed by atoms with E-state index in [-0.39, 0.29) is 0 Å². The van der Waals surface area contributed by atoms with Crippen LogP contribution in [0, 0.1) is 6.92 Å². The Bertz CT molecular complexity index is 1220. The van der Waals surface area contributed by atoms with Gasteiger partial charge < -0.3 is 14.7 Å². The number of hydrogen-bond acceptors (Lipinski definition) is 3. The zero-order chi connectivity index (χ0) is 17.5. The van der Waals surface area contributed by atoms with E-state index in [2.05, 4.69) is 40.4 Å². The lowest BCUT2D eigenvalue weighted by Gasteiger charge is -2.10. The maximum absolute atomic E-state index is 6.14. The van der Waals surface area contributed by atoms with Crippen LogP contribution >= 0.6 is 0 Å². The number of nitrogens with zero attached hydrogens (tertiary/aromatic N) is 1. The van der Waals surface area contributed by atoms with E-state index in [1.165, 1.54) is 10.9 Å². The van der Waals surface area contributed by atoms with Crippen LogP contribution in [-0.2, 0) is 0 Å². The molecule has 0 aliphatic rings. The van der Waals surface area contributed by atoms with Crippen molar-refractivity contribution < 1.29 is 4.42 Å². The second-order valence-corrected chi connectivity index (χ2v) is 6.35. The molecular weight excluding hydrogens is 322 g/mol. The van der Waals surface area contributed by atoms with Crippen LogP contribution in [0.4, 0.5) is 11.4 Å². The van der Waals surface area contributed by atoms with Gasteiger partial charge in [0.05, 0.1) is 5.69 Å². The van der Waals surface area contributed by atoms with Crippen molar-refractivity contribution in [3.63, 3.8) is 0 Å². The lowest BCUT2D eigenvalue weighted by Crippen LogP contribution is -1.94. The van der Waals surface area contributed by atoms with Crippen molar-refractivity contribution in [2.24, 2.45) is 0 Å². The standard InChI is InChI=1S/C22H17N3O/c1-14-16-9-11-23-18(16)8-7-17(14)25-19-10-12-24-20-13-21(26-22(19)20)15-5-3-2-4-6-15/h2-13,23H,1H3,(H,24,25). The molecule has 2 aromatic carbocycles. The van der Waals surface area contributed by atoms with Crippen LogP contribution in [0.5, 0.6) is 0 Å². The summed E-state index contributed by atoms with van der Waals surface area (Å²) in [6.45, 7) is 2.12. The number of fused-ring (bicyclic) bond motifs is 2. The normalized spacial score (nSPS) is 11.3. The minimum absolute atomic E-state index is 0.764. The van der Waals surface area contributed by atoms with Gasteiger partial charge in [0.1, 0.15) is 11.3 Å². The van der Waals surface area contributed by atoms with Gasteiger partial charge in [-0.25, -0.2) is 0 Å². The average molecular weight is 339 g/mol. The molecule has 0 amide bonds. The lowest BCUT2D eigenvalue weighted by atomic mass is 10.1. The molecule has 126 valence electrons. The summed E-state index contributed by atoms with van der Waals surface area (Å²) in [4.78, 5) is 7.70. The van der Waals surface area contributed by atoms with Gasteiger partial charge in [0.15, 0.2) is 5.58 Å². The van der Waals surface area contributed by atoms with E-state index >= 15 is 0 Å². The molecule has 5 aromatic rings. The Hall–Kier alpha value is -3.53. The summed E-state index contributed by atoms with van der Waals surface area (Å²) >= 11 is 0. The first-order valence-electron chi connectivity index (χ1n) is 8.57. The molecule has 0 unspecified atom stereocenters. The van der Waals surface area contributed by atoms with Crippen LogP contribution in [-0.4, -0.2) is 9.97 Å². The first-order chi connectivity index (χ1) is 12.8. The van der Waals surface area contributed by atoms with Crippen molar-refractivity contribution in [3.05, 3.63) is 78.6 Å². The maximum atomic E-state index is 6.14. The Labute approximate surface area is 150 Å². The van der Waals surface area contributed by atoms with Gasteiger partial charge in [0.25, 0.3) is 0 Å². The topological polar surface area (TPSA) is 53.9 Å². The Morgan fingerprint density at radius 1 is 0.962 bits per heavy atom. The molecule has 5 rings (SSSR count). The highest BCUT2D eigenvalue weighted by Crippen LogP contribution is 2.34. The molecule has 0 saturated heterocycles. The van der Waals surface area contributed by atoms with E-state index in [9.17, 15) is 0 Å². The van der Waals surface area contributed by atoms with E-state index in [0.29, 0.717) is 0 Å². The minimum Gasteiger partial charge on any atom is -0.452 e. The van der Waals surface area contributed by atoms with Crippen molar-refractivity contribution in [2.45, 2.75) is 6.92 Å². The Balaban J connectivity index is 1.60. The van der Waals surface area contributed by atoms with Gasteiger partial charge in [0.2, 0.25) is 0 Å². The number of benzene rings is 2. The molecule has 3 aromatic heterocycles. The molecule has 4 heteroatoms. The van der Waals surface area contributed by atoms with Gasteiger partial charge in [-0.1, -0.05) is 30.3 Å². The SMILES string of the molecule is Cc1c(Nc2ccnc3cc(-c4ccccc4)oc23)ccc2[nH]ccc12. The Morgan fingerprint density at radius 2 is 1.85 bits per heavy atom. The summed E-state index contributed by atoms with van der Waals surface area (Å²) in [6, 6.07) is 20.3. The number of nitrogens with one attached hydrogen (secondary N) is 2. The number of H-pyrrole nitrogens is 1. The second-order valence-electron chi connectivity index (χ2n) is 6.35. The number of aromatic nitrogens is 2. The predicted molar refractivity (Wildman–Crippen MR) is 106 cm³/mol. The first-order valence-corrected chi connectivity index (χ1v) is 8.57. The molecule has 4 nitrogen and oxygen atoms in total. The minimum atomic E-state index is 0.764. The number of aryl methyl sites for hydroxylation is 1. The molecule has 0 atom stereocenters. The Morgan fingerprint density at radius 3 is 2.73 bits per heavy atom. The van der Waals surface area contributed by atoms with Gasteiger partial charge >= 0.3 is 0 Å². The van der Waals surface area contributed by atoms with Crippen molar-refractivity contribution in [3.8, 4) is 11.3 Å². The molecule has 26 heavy (non-hydrogen) atoms. The van der Waals surface area contributed by atoms with E-state index < -0.39 is 0 Å². The highest BCUT2D eigenvalue weighted by atomic mass is 16.3. The number of pyridine rings is 1. The van der Waals surface area contributed by atoms with Crippen LogP contribution in [0.25, 0.3) is 33.3 Å². The molecule has 0 aliphatic heterocycles. The summed E-state index contributed by atoms with van der Waals surface area (Å²) in [7, 11) is 0. The lowest BCUT2D eigenvalue weighted by molar-refractivity contribution is 0.632. The molecule has 0 saturated carbocycles. The highest BCUT2D eigenvalue weighted by Gasteiger charge is 2.12. The van der Waals surface area contributed by atoms with Crippen LogP contribution in [0.15, 0.2) is 77.5 Å². The zero-order valence-corrected chi connectivity index (χ0v) is 14.3. The average Bonchev–Trinajstić information content (AvgIpc) is 3.32. The first kappa shape index (κ1) is 14.8. The highest BCUT2D eigenvalue weighted by molar-refractivity contribution is 5.94. The number of rotatable bonds is 3. The van der Waals surface area contributed by atoms with Gasteiger partial charge in [-0.3, -0.25) is 4.98 Å². The number of aromatic amines is 1. The molecule has 0 bridgehead atoms. The monoisotopic (exact) mass is 339 g/mol.